The number of amides is 1. The van der Waals surface area contributed by atoms with E-state index in [2.05, 4.69) is 5.32 Å². The zero-order valence-electron chi connectivity index (χ0n) is 9.43. The third kappa shape index (κ3) is 1.83. The van der Waals surface area contributed by atoms with Gasteiger partial charge in [-0.15, -0.1) is 0 Å². The lowest BCUT2D eigenvalue weighted by atomic mass is 10.1. The van der Waals surface area contributed by atoms with Crippen LogP contribution in [0.2, 0.25) is 0 Å². The second kappa shape index (κ2) is 4.12. The molecule has 1 aliphatic heterocycles. The standard InChI is InChI=1S/C11H14N2O3S/c1-13-9-6-5-7-3-2-4-8(11(12)14)10(7)17(9,15)16/h2-4,9,13H,5-6H2,1H3,(H2,12,14). The van der Waals surface area contributed by atoms with Crippen molar-refractivity contribution < 1.29 is 13.2 Å². The molecule has 92 valence electrons. The van der Waals surface area contributed by atoms with Gasteiger partial charge in [0, 0.05) is 0 Å². The lowest BCUT2D eigenvalue weighted by Crippen LogP contribution is -2.39. The van der Waals surface area contributed by atoms with Crippen LogP contribution >= 0.6 is 0 Å². The SMILES string of the molecule is CNC1CCc2cccc(C(N)=O)c2S1(=O)=O. The molecule has 1 atom stereocenters. The molecule has 3 N–H and O–H groups in total. The van der Waals surface area contributed by atoms with Crippen LogP contribution in [0.15, 0.2) is 23.1 Å². The lowest BCUT2D eigenvalue weighted by molar-refractivity contribution is 0.0997. The van der Waals surface area contributed by atoms with Gasteiger partial charge in [-0.2, -0.15) is 0 Å². The molecule has 17 heavy (non-hydrogen) atoms. The Hall–Kier alpha value is -1.40. The zero-order valence-corrected chi connectivity index (χ0v) is 10.3. The Labute approximate surface area is 99.9 Å². The molecule has 1 aromatic rings. The summed E-state index contributed by atoms with van der Waals surface area (Å²) in [4.78, 5) is 11.4. The van der Waals surface area contributed by atoms with Gasteiger partial charge in [0.2, 0.25) is 5.91 Å². The molecule has 1 heterocycles. The molecule has 0 bridgehead atoms. The Balaban J connectivity index is 2.72. The van der Waals surface area contributed by atoms with Gasteiger partial charge >= 0.3 is 0 Å². The van der Waals surface area contributed by atoms with Gasteiger partial charge in [0.05, 0.1) is 10.5 Å². The van der Waals surface area contributed by atoms with E-state index < -0.39 is 21.1 Å². The summed E-state index contributed by atoms with van der Waals surface area (Å²) in [6, 6.07) is 4.84. The van der Waals surface area contributed by atoms with Crippen LogP contribution in [0.4, 0.5) is 0 Å². The number of rotatable bonds is 2. The van der Waals surface area contributed by atoms with Crippen LogP contribution < -0.4 is 11.1 Å². The van der Waals surface area contributed by atoms with Gasteiger partial charge in [0.25, 0.3) is 0 Å². The summed E-state index contributed by atoms with van der Waals surface area (Å²) < 4.78 is 24.6. The highest BCUT2D eigenvalue weighted by Crippen LogP contribution is 2.31. The molecule has 2 rings (SSSR count). The topological polar surface area (TPSA) is 89.3 Å². The van der Waals surface area contributed by atoms with Crippen molar-refractivity contribution in [1.82, 2.24) is 5.32 Å². The Morgan fingerprint density at radius 3 is 2.76 bits per heavy atom. The van der Waals surface area contributed by atoms with Gasteiger partial charge in [0.1, 0.15) is 5.37 Å². The molecular formula is C11H14N2O3S. The van der Waals surface area contributed by atoms with Gasteiger partial charge in [-0.3, -0.25) is 4.79 Å². The van der Waals surface area contributed by atoms with Crippen LogP contribution in [0.3, 0.4) is 0 Å². The van der Waals surface area contributed by atoms with Crippen molar-refractivity contribution in [3.8, 4) is 0 Å². The monoisotopic (exact) mass is 254 g/mol. The highest BCUT2D eigenvalue weighted by Gasteiger charge is 2.35. The summed E-state index contributed by atoms with van der Waals surface area (Å²) in [6.07, 6.45) is 1.13. The highest BCUT2D eigenvalue weighted by atomic mass is 32.2. The number of carbonyl (C=O) groups excluding carboxylic acids is 1. The molecule has 1 amide bonds. The number of hydrogen-bond donors (Lipinski definition) is 2. The van der Waals surface area contributed by atoms with Crippen molar-refractivity contribution in [2.75, 3.05) is 7.05 Å². The molecule has 1 aromatic carbocycles. The van der Waals surface area contributed by atoms with E-state index in [1.54, 1.807) is 19.2 Å². The van der Waals surface area contributed by atoms with E-state index in [1.807, 2.05) is 0 Å². The summed E-state index contributed by atoms with van der Waals surface area (Å²) in [6.45, 7) is 0. The molecule has 5 nitrogen and oxygen atoms in total. The molecule has 0 spiro atoms. The van der Waals surface area contributed by atoms with E-state index in [9.17, 15) is 13.2 Å². The summed E-state index contributed by atoms with van der Waals surface area (Å²) in [5.41, 5.74) is 5.98. The van der Waals surface area contributed by atoms with Crippen LogP contribution in [0, 0.1) is 0 Å². The maximum absolute atomic E-state index is 12.3. The Morgan fingerprint density at radius 2 is 2.18 bits per heavy atom. The first-order valence-corrected chi connectivity index (χ1v) is 6.86. The summed E-state index contributed by atoms with van der Waals surface area (Å²) >= 11 is 0. The molecular weight excluding hydrogens is 240 g/mol. The van der Waals surface area contributed by atoms with Gasteiger partial charge < -0.3 is 11.1 Å². The molecule has 0 aromatic heterocycles. The van der Waals surface area contributed by atoms with Gasteiger partial charge in [0.15, 0.2) is 9.84 Å². The fourth-order valence-corrected chi connectivity index (χ4v) is 4.23. The minimum Gasteiger partial charge on any atom is -0.366 e. The Morgan fingerprint density at radius 1 is 1.47 bits per heavy atom. The Bertz CT molecular complexity index is 566. The van der Waals surface area contributed by atoms with E-state index in [0.29, 0.717) is 18.4 Å². The number of nitrogens with two attached hydrogens (primary N) is 1. The van der Waals surface area contributed by atoms with Gasteiger partial charge in [-0.1, -0.05) is 12.1 Å². The number of hydrogen-bond acceptors (Lipinski definition) is 4. The second-order valence-electron chi connectivity index (χ2n) is 4.02. The van der Waals surface area contributed by atoms with Crippen molar-refractivity contribution >= 4 is 15.7 Å². The minimum absolute atomic E-state index is 0.0856. The lowest BCUT2D eigenvalue weighted by Gasteiger charge is -2.25. The molecule has 6 heteroatoms. The fraction of sp³-hybridized carbons (Fsp3) is 0.364. The van der Waals surface area contributed by atoms with Crippen LogP contribution in [-0.2, 0) is 16.3 Å². The predicted molar refractivity (Wildman–Crippen MR) is 63.3 cm³/mol. The summed E-state index contributed by atoms with van der Waals surface area (Å²) in [5, 5.41) is 2.12. The first-order chi connectivity index (χ1) is 7.98. The van der Waals surface area contributed by atoms with Crippen molar-refractivity contribution in [2.45, 2.75) is 23.1 Å². The molecule has 0 radical (unpaired) electrons. The minimum atomic E-state index is -3.52. The van der Waals surface area contributed by atoms with Crippen molar-refractivity contribution in [3.63, 3.8) is 0 Å². The Kier molecular flexibility index (Phi) is 2.92. The van der Waals surface area contributed by atoms with E-state index in [1.165, 1.54) is 6.07 Å². The van der Waals surface area contributed by atoms with E-state index in [4.69, 9.17) is 5.73 Å². The average molecular weight is 254 g/mol. The number of benzene rings is 1. The largest absolute Gasteiger partial charge is 0.366 e. The molecule has 1 unspecified atom stereocenters. The summed E-state index contributed by atoms with van der Waals surface area (Å²) in [5.74, 6) is -0.706. The van der Waals surface area contributed by atoms with Crippen LogP contribution in [0.25, 0.3) is 0 Å². The molecule has 0 aliphatic carbocycles. The second-order valence-corrected chi connectivity index (χ2v) is 6.09. The van der Waals surface area contributed by atoms with E-state index in [0.717, 1.165) is 0 Å². The molecule has 0 fully saturated rings. The smallest absolute Gasteiger partial charge is 0.250 e. The maximum atomic E-state index is 12.3. The van der Waals surface area contributed by atoms with Crippen molar-refractivity contribution in [3.05, 3.63) is 29.3 Å². The van der Waals surface area contributed by atoms with Crippen molar-refractivity contribution in [1.29, 1.82) is 0 Å². The van der Waals surface area contributed by atoms with Gasteiger partial charge in [-0.05, 0) is 31.5 Å². The van der Waals surface area contributed by atoms with E-state index >= 15 is 0 Å². The number of aryl methyl sites for hydroxylation is 1. The quantitative estimate of drug-likeness (QED) is 0.780. The number of carbonyl (C=O) groups is 1. The number of primary amides is 1. The predicted octanol–water partition coefficient (Wildman–Crippen LogP) is 0.0509. The van der Waals surface area contributed by atoms with Crippen LogP contribution in [-0.4, -0.2) is 26.7 Å². The van der Waals surface area contributed by atoms with Crippen molar-refractivity contribution in [2.24, 2.45) is 5.73 Å². The number of sulfone groups is 1. The average Bonchev–Trinajstić information content (AvgIpc) is 2.28. The molecule has 0 saturated carbocycles. The third-order valence-corrected chi connectivity index (χ3v) is 5.29. The number of fused-ring (bicyclic) bond motifs is 1. The summed E-state index contributed by atoms with van der Waals surface area (Å²) in [7, 11) is -1.92. The molecule has 0 saturated heterocycles. The molecule has 1 aliphatic rings. The fourth-order valence-electron chi connectivity index (χ4n) is 2.20. The first-order valence-electron chi connectivity index (χ1n) is 5.31. The highest BCUT2D eigenvalue weighted by molar-refractivity contribution is 7.92. The third-order valence-electron chi connectivity index (χ3n) is 3.02. The van der Waals surface area contributed by atoms with Crippen LogP contribution in [0.1, 0.15) is 22.3 Å². The maximum Gasteiger partial charge on any atom is 0.250 e. The van der Waals surface area contributed by atoms with Crippen LogP contribution in [0.5, 0.6) is 0 Å². The number of nitrogens with one attached hydrogen (secondary N) is 1. The van der Waals surface area contributed by atoms with E-state index in [-0.39, 0.29) is 10.5 Å². The zero-order chi connectivity index (χ0) is 12.6. The normalized spacial score (nSPS) is 21.8. The first kappa shape index (κ1) is 12.1. The van der Waals surface area contributed by atoms with Gasteiger partial charge in [-0.25, -0.2) is 8.42 Å².